The molecule has 0 aromatic carbocycles. The molecular weight excluding hydrogens is 328 g/mol. The Hall–Kier alpha value is -1.45. The number of hydrogen-bond donors (Lipinski definition) is 2. The van der Waals surface area contributed by atoms with E-state index in [2.05, 4.69) is 20.6 Å². The molecule has 0 aliphatic heterocycles. The van der Waals surface area contributed by atoms with Gasteiger partial charge >= 0.3 is 0 Å². The summed E-state index contributed by atoms with van der Waals surface area (Å²) < 4.78 is 0. The van der Waals surface area contributed by atoms with Crippen LogP contribution in [0.3, 0.4) is 0 Å². The summed E-state index contributed by atoms with van der Waals surface area (Å²) in [6.45, 7) is 0. The minimum absolute atomic E-state index is 0.0512. The van der Waals surface area contributed by atoms with Crippen LogP contribution in [0.25, 0.3) is 0 Å². The van der Waals surface area contributed by atoms with Gasteiger partial charge in [0.1, 0.15) is 0 Å². The zero-order valence-electron chi connectivity index (χ0n) is 11.1. The summed E-state index contributed by atoms with van der Waals surface area (Å²) in [4.78, 5) is 31.1. The lowest BCUT2D eigenvalue weighted by atomic mass is 10.4. The Morgan fingerprint density at radius 1 is 0.952 bits per heavy atom. The highest BCUT2D eigenvalue weighted by molar-refractivity contribution is 7.99. The normalized spacial score (nSPS) is 10.3. The monoisotopic (exact) mass is 342 g/mol. The maximum Gasteiger partial charge on any atom is 0.226 e. The molecular formula is C12H14N4O2S3. The van der Waals surface area contributed by atoms with E-state index in [4.69, 9.17) is 0 Å². The molecule has 112 valence electrons. The van der Waals surface area contributed by atoms with Crippen LogP contribution < -0.4 is 10.6 Å². The Bertz CT molecular complexity index is 507. The number of anilines is 2. The van der Waals surface area contributed by atoms with Crippen LogP contribution in [0, 0.1) is 0 Å². The first-order chi connectivity index (χ1) is 10.2. The highest BCUT2D eigenvalue weighted by Gasteiger charge is 2.06. The molecule has 2 amide bonds. The maximum atomic E-state index is 11.6. The molecule has 0 aliphatic carbocycles. The summed E-state index contributed by atoms with van der Waals surface area (Å²) >= 11 is 4.37. The van der Waals surface area contributed by atoms with Crippen molar-refractivity contribution in [2.45, 2.75) is 12.8 Å². The molecule has 0 bridgehead atoms. The van der Waals surface area contributed by atoms with E-state index >= 15 is 0 Å². The third-order valence-electron chi connectivity index (χ3n) is 2.30. The van der Waals surface area contributed by atoms with Crippen molar-refractivity contribution in [1.82, 2.24) is 9.97 Å². The van der Waals surface area contributed by atoms with Gasteiger partial charge < -0.3 is 10.6 Å². The summed E-state index contributed by atoms with van der Waals surface area (Å²) in [5.41, 5.74) is 0. The van der Waals surface area contributed by atoms with E-state index in [1.165, 1.54) is 22.7 Å². The zero-order valence-corrected chi connectivity index (χ0v) is 13.5. The van der Waals surface area contributed by atoms with E-state index in [-0.39, 0.29) is 11.8 Å². The molecule has 0 spiro atoms. The summed E-state index contributed by atoms with van der Waals surface area (Å²) in [5, 5.41) is 10.3. The van der Waals surface area contributed by atoms with Crippen LogP contribution in [-0.4, -0.2) is 33.3 Å². The van der Waals surface area contributed by atoms with Gasteiger partial charge in [0.25, 0.3) is 0 Å². The molecule has 2 N–H and O–H groups in total. The fraction of sp³-hybridized carbons (Fsp3) is 0.333. The van der Waals surface area contributed by atoms with Gasteiger partial charge in [0.2, 0.25) is 11.8 Å². The van der Waals surface area contributed by atoms with Crippen molar-refractivity contribution in [3.8, 4) is 0 Å². The van der Waals surface area contributed by atoms with Gasteiger partial charge in [0.05, 0.1) is 0 Å². The van der Waals surface area contributed by atoms with Gasteiger partial charge in [-0.2, -0.15) is 11.8 Å². The highest BCUT2D eigenvalue weighted by atomic mass is 32.2. The van der Waals surface area contributed by atoms with E-state index in [0.717, 1.165) is 0 Å². The van der Waals surface area contributed by atoms with Crippen LogP contribution in [0.15, 0.2) is 23.2 Å². The Labute approximate surface area is 134 Å². The molecule has 0 atom stereocenters. The highest BCUT2D eigenvalue weighted by Crippen LogP contribution is 2.13. The molecule has 2 rings (SSSR count). The molecule has 0 aliphatic rings. The molecule has 2 heterocycles. The summed E-state index contributed by atoms with van der Waals surface area (Å²) in [5.74, 6) is 1.26. The first-order valence-corrected chi connectivity index (χ1v) is 9.12. The molecule has 9 heteroatoms. The number of carbonyl (C=O) groups is 2. The lowest BCUT2D eigenvalue weighted by Gasteiger charge is -2.03. The van der Waals surface area contributed by atoms with Crippen molar-refractivity contribution < 1.29 is 9.59 Å². The smallest absolute Gasteiger partial charge is 0.226 e. The van der Waals surface area contributed by atoms with Crippen LogP contribution in [0.1, 0.15) is 12.8 Å². The summed E-state index contributed by atoms with van der Waals surface area (Å²) in [7, 11) is 0. The molecule has 0 radical (unpaired) electrons. The zero-order chi connectivity index (χ0) is 14.9. The fourth-order valence-corrected chi connectivity index (χ4v) is 3.32. The van der Waals surface area contributed by atoms with E-state index in [0.29, 0.717) is 34.6 Å². The van der Waals surface area contributed by atoms with Gasteiger partial charge in [-0.05, 0) is 0 Å². The van der Waals surface area contributed by atoms with Gasteiger partial charge in [-0.3, -0.25) is 9.59 Å². The first kappa shape index (κ1) is 15.9. The Kier molecular flexibility index (Phi) is 6.64. The summed E-state index contributed by atoms with van der Waals surface area (Å²) in [6, 6.07) is 0. The number of amides is 2. The minimum atomic E-state index is -0.0512. The molecule has 0 fully saturated rings. The topological polar surface area (TPSA) is 84.0 Å². The van der Waals surface area contributed by atoms with Crippen molar-refractivity contribution in [2.75, 3.05) is 22.1 Å². The van der Waals surface area contributed by atoms with Crippen molar-refractivity contribution in [3.05, 3.63) is 23.2 Å². The van der Waals surface area contributed by atoms with Crippen LogP contribution in [0.5, 0.6) is 0 Å². The number of rotatable bonds is 8. The van der Waals surface area contributed by atoms with Gasteiger partial charge in [-0.1, -0.05) is 0 Å². The first-order valence-electron chi connectivity index (χ1n) is 6.20. The lowest BCUT2D eigenvalue weighted by Crippen LogP contribution is -2.13. The average molecular weight is 342 g/mol. The Morgan fingerprint density at radius 2 is 1.43 bits per heavy atom. The van der Waals surface area contributed by atoms with Crippen molar-refractivity contribution in [1.29, 1.82) is 0 Å². The van der Waals surface area contributed by atoms with Gasteiger partial charge in [-0.15, -0.1) is 22.7 Å². The third-order valence-corrected chi connectivity index (χ3v) is 4.67. The fourth-order valence-electron chi connectivity index (χ4n) is 1.37. The van der Waals surface area contributed by atoms with Gasteiger partial charge in [0.15, 0.2) is 10.3 Å². The number of aromatic nitrogens is 2. The molecule has 0 unspecified atom stereocenters. The van der Waals surface area contributed by atoms with Crippen molar-refractivity contribution in [2.24, 2.45) is 0 Å². The van der Waals surface area contributed by atoms with Crippen LogP contribution >= 0.6 is 34.4 Å². The molecule has 21 heavy (non-hydrogen) atoms. The predicted octanol–water partition coefficient (Wildman–Crippen LogP) is 2.69. The molecule has 2 aromatic rings. The minimum Gasteiger partial charge on any atom is -0.302 e. The second kappa shape index (κ2) is 8.75. The number of nitrogens with one attached hydrogen (secondary N) is 2. The largest absolute Gasteiger partial charge is 0.302 e. The van der Waals surface area contributed by atoms with Gasteiger partial charge in [0, 0.05) is 47.5 Å². The second-order valence-electron chi connectivity index (χ2n) is 3.88. The van der Waals surface area contributed by atoms with Crippen LogP contribution in [0.4, 0.5) is 10.3 Å². The SMILES string of the molecule is O=C(CCSCCC(=O)Nc1nccs1)Nc1nccs1. The van der Waals surface area contributed by atoms with Gasteiger partial charge in [-0.25, -0.2) is 9.97 Å². The lowest BCUT2D eigenvalue weighted by molar-refractivity contribution is -0.116. The van der Waals surface area contributed by atoms with E-state index < -0.39 is 0 Å². The third kappa shape index (κ3) is 6.23. The van der Waals surface area contributed by atoms with E-state index in [9.17, 15) is 9.59 Å². The van der Waals surface area contributed by atoms with E-state index in [1.807, 2.05) is 10.8 Å². The molecule has 0 saturated heterocycles. The quantitative estimate of drug-likeness (QED) is 0.721. The predicted molar refractivity (Wildman–Crippen MR) is 88.0 cm³/mol. The average Bonchev–Trinajstić information content (AvgIpc) is 3.12. The van der Waals surface area contributed by atoms with Crippen LogP contribution in [-0.2, 0) is 9.59 Å². The molecule has 2 aromatic heterocycles. The number of thiazole rings is 2. The second-order valence-corrected chi connectivity index (χ2v) is 6.90. The number of thioether (sulfide) groups is 1. The maximum absolute atomic E-state index is 11.6. The molecule has 6 nitrogen and oxygen atoms in total. The van der Waals surface area contributed by atoms with Crippen molar-refractivity contribution in [3.63, 3.8) is 0 Å². The molecule has 0 saturated carbocycles. The number of nitrogens with zero attached hydrogens (tertiary/aromatic N) is 2. The standard InChI is InChI=1S/C12H14N4O2S3/c17-9(15-11-13-3-7-20-11)1-5-19-6-2-10(18)16-12-14-4-8-21-12/h3-4,7-8H,1-2,5-6H2,(H,13,15,17)(H,14,16,18). The Morgan fingerprint density at radius 3 is 1.81 bits per heavy atom. The number of carbonyl (C=O) groups excluding carboxylic acids is 2. The summed E-state index contributed by atoms with van der Waals surface area (Å²) in [6.07, 6.45) is 4.13. The Balaban J connectivity index is 1.51. The van der Waals surface area contributed by atoms with Crippen LogP contribution in [0.2, 0.25) is 0 Å². The van der Waals surface area contributed by atoms with Crippen molar-refractivity contribution >= 4 is 56.5 Å². The van der Waals surface area contributed by atoms with E-state index in [1.54, 1.807) is 24.2 Å². The number of hydrogen-bond acceptors (Lipinski definition) is 7.